The number of rotatable bonds is 4. The van der Waals surface area contributed by atoms with E-state index in [1.54, 1.807) is 4.90 Å². The molecule has 0 saturated carbocycles. The van der Waals surface area contributed by atoms with Crippen molar-refractivity contribution < 1.29 is 19.1 Å². The van der Waals surface area contributed by atoms with Crippen molar-refractivity contribution in [3.05, 3.63) is 60.7 Å². The molecular formula is C25H35NO4Si. The summed E-state index contributed by atoms with van der Waals surface area (Å²) in [6, 6.07) is 20.6. The van der Waals surface area contributed by atoms with Gasteiger partial charge in [-0.3, -0.25) is 0 Å². The summed E-state index contributed by atoms with van der Waals surface area (Å²) in [6.45, 7) is 12.6. The van der Waals surface area contributed by atoms with Gasteiger partial charge in [0.25, 0.3) is 8.32 Å². The molecule has 1 aliphatic rings. The Hall–Kier alpha value is -2.15. The van der Waals surface area contributed by atoms with E-state index in [4.69, 9.17) is 9.16 Å². The molecule has 0 unspecified atom stereocenters. The highest BCUT2D eigenvalue weighted by molar-refractivity contribution is 6.99. The number of benzene rings is 2. The van der Waals surface area contributed by atoms with E-state index in [1.807, 2.05) is 57.2 Å². The number of β-amino-alcohol motifs (C(OH)–C–C–N with tert-alkyl or cyclic N) is 1. The minimum absolute atomic E-state index is 0.200. The zero-order valence-corrected chi connectivity index (χ0v) is 20.5. The lowest BCUT2D eigenvalue weighted by Gasteiger charge is -2.45. The molecule has 1 N–H and O–H groups in total. The molecule has 1 aliphatic heterocycles. The van der Waals surface area contributed by atoms with Crippen molar-refractivity contribution in [1.29, 1.82) is 0 Å². The number of carbonyl (C=O) groups excluding carboxylic acids is 1. The number of likely N-dealkylation sites (tertiary alicyclic amines) is 1. The fourth-order valence-electron chi connectivity index (χ4n) is 4.27. The third-order valence-corrected chi connectivity index (χ3v) is 10.7. The zero-order valence-electron chi connectivity index (χ0n) is 19.5. The lowest BCUT2D eigenvalue weighted by molar-refractivity contribution is 0.0268. The van der Waals surface area contributed by atoms with Gasteiger partial charge in [-0.2, -0.15) is 0 Å². The monoisotopic (exact) mass is 441 g/mol. The SMILES string of the molecule is CC(C)(C)OC(=O)N1C[C@H](O[Si](c2ccccc2)(c2ccccc2)C(C)(C)C)[C@@H](O)C1. The van der Waals surface area contributed by atoms with Crippen LogP contribution in [0.5, 0.6) is 0 Å². The first-order valence-corrected chi connectivity index (χ1v) is 12.8. The van der Waals surface area contributed by atoms with Gasteiger partial charge in [0.15, 0.2) is 0 Å². The molecule has 5 nitrogen and oxygen atoms in total. The van der Waals surface area contributed by atoms with E-state index in [0.717, 1.165) is 10.4 Å². The van der Waals surface area contributed by atoms with Crippen LogP contribution >= 0.6 is 0 Å². The zero-order chi connectivity index (χ0) is 22.9. The Morgan fingerprint density at radius 3 is 1.81 bits per heavy atom. The van der Waals surface area contributed by atoms with Crippen molar-refractivity contribution in [2.24, 2.45) is 0 Å². The van der Waals surface area contributed by atoms with Gasteiger partial charge in [-0.15, -0.1) is 0 Å². The van der Waals surface area contributed by atoms with Crippen LogP contribution in [0.2, 0.25) is 5.04 Å². The average Bonchev–Trinajstić information content (AvgIpc) is 3.06. The third-order valence-electron chi connectivity index (χ3n) is 5.63. The summed E-state index contributed by atoms with van der Waals surface area (Å²) < 4.78 is 12.5. The number of carbonyl (C=O) groups is 1. The van der Waals surface area contributed by atoms with E-state index >= 15 is 0 Å². The number of aliphatic hydroxyl groups excluding tert-OH is 1. The highest BCUT2D eigenvalue weighted by Gasteiger charge is 2.53. The molecule has 2 aromatic carbocycles. The second-order valence-electron chi connectivity index (χ2n) is 10.3. The van der Waals surface area contributed by atoms with Gasteiger partial charge in [-0.1, -0.05) is 81.4 Å². The van der Waals surface area contributed by atoms with Gasteiger partial charge in [0.1, 0.15) is 5.60 Å². The maximum atomic E-state index is 12.6. The number of ether oxygens (including phenoxy) is 1. The second-order valence-corrected chi connectivity index (χ2v) is 14.5. The first kappa shape index (κ1) is 23.5. The summed E-state index contributed by atoms with van der Waals surface area (Å²) >= 11 is 0. The Bertz CT molecular complexity index is 834. The minimum atomic E-state index is -2.81. The second kappa shape index (κ2) is 8.77. The first-order chi connectivity index (χ1) is 14.4. The molecule has 0 bridgehead atoms. The van der Waals surface area contributed by atoms with Crippen LogP contribution in [0.15, 0.2) is 60.7 Å². The van der Waals surface area contributed by atoms with Crippen LogP contribution in [-0.4, -0.2) is 55.3 Å². The van der Waals surface area contributed by atoms with Crippen molar-refractivity contribution in [3.8, 4) is 0 Å². The van der Waals surface area contributed by atoms with Gasteiger partial charge in [0, 0.05) is 0 Å². The maximum absolute atomic E-state index is 12.6. The van der Waals surface area contributed by atoms with Crippen molar-refractivity contribution in [2.75, 3.05) is 13.1 Å². The molecule has 0 aliphatic carbocycles. The Labute approximate surface area is 187 Å². The molecule has 1 saturated heterocycles. The van der Waals surface area contributed by atoms with E-state index in [0.29, 0.717) is 6.54 Å². The molecule has 0 spiro atoms. The molecule has 2 aromatic rings. The van der Waals surface area contributed by atoms with Crippen LogP contribution in [0.25, 0.3) is 0 Å². The molecule has 0 aromatic heterocycles. The standard InChI is InChI=1S/C25H35NO4Si/c1-24(2,3)29-23(28)26-17-21(27)22(18-26)30-31(25(4,5)6,19-13-9-7-10-14-19)20-15-11-8-12-16-20/h7-16,21-22,27H,17-18H2,1-6H3/t21-,22-/m0/s1. The number of amides is 1. The largest absolute Gasteiger partial charge is 0.444 e. The molecule has 168 valence electrons. The highest BCUT2D eigenvalue weighted by atomic mass is 28.4. The molecule has 0 radical (unpaired) electrons. The molecule has 3 rings (SSSR count). The topological polar surface area (TPSA) is 59.0 Å². The van der Waals surface area contributed by atoms with Crippen LogP contribution < -0.4 is 10.4 Å². The summed E-state index contributed by atoms with van der Waals surface area (Å²) in [7, 11) is -2.81. The average molecular weight is 442 g/mol. The normalized spacial score (nSPS) is 20.0. The summed E-state index contributed by atoms with van der Waals surface area (Å²) in [6.07, 6.45) is -1.67. The molecule has 1 heterocycles. The Morgan fingerprint density at radius 1 is 0.903 bits per heavy atom. The summed E-state index contributed by atoms with van der Waals surface area (Å²) in [4.78, 5) is 14.2. The number of nitrogens with zero attached hydrogens (tertiary/aromatic N) is 1. The lowest BCUT2D eigenvalue weighted by Crippen LogP contribution is -2.68. The maximum Gasteiger partial charge on any atom is 0.410 e. The predicted molar refractivity (Wildman–Crippen MR) is 126 cm³/mol. The van der Waals surface area contributed by atoms with Gasteiger partial charge in [0.05, 0.1) is 25.3 Å². The van der Waals surface area contributed by atoms with Crippen LogP contribution in [-0.2, 0) is 9.16 Å². The first-order valence-electron chi connectivity index (χ1n) is 10.9. The predicted octanol–water partition coefficient (Wildman–Crippen LogP) is 3.54. The van der Waals surface area contributed by atoms with Gasteiger partial charge in [-0.05, 0) is 36.2 Å². The van der Waals surface area contributed by atoms with Crippen molar-refractivity contribution in [1.82, 2.24) is 4.90 Å². The fraction of sp³-hybridized carbons (Fsp3) is 0.480. The van der Waals surface area contributed by atoms with E-state index < -0.39 is 32.2 Å². The number of hydrogen-bond donors (Lipinski definition) is 1. The van der Waals surface area contributed by atoms with E-state index in [2.05, 4.69) is 45.0 Å². The van der Waals surface area contributed by atoms with Crippen LogP contribution in [0.1, 0.15) is 41.5 Å². The smallest absolute Gasteiger partial charge is 0.410 e. The minimum Gasteiger partial charge on any atom is -0.444 e. The van der Waals surface area contributed by atoms with E-state index in [-0.39, 0.29) is 11.6 Å². The van der Waals surface area contributed by atoms with Crippen molar-refractivity contribution in [3.63, 3.8) is 0 Å². The number of hydrogen-bond acceptors (Lipinski definition) is 4. The number of aliphatic hydroxyl groups is 1. The molecule has 1 amide bonds. The van der Waals surface area contributed by atoms with Gasteiger partial charge in [-0.25, -0.2) is 4.79 Å². The van der Waals surface area contributed by atoms with Crippen molar-refractivity contribution in [2.45, 2.75) is 64.4 Å². The molecule has 6 heteroatoms. The fourth-order valence-corrected chi connectivity index (χ4v) is 8.97. The third kappa shape index (κ3) is 5.02. The van der Waals surface area contributed by atoms with Crippen molar-refractivity contribution >= 4 is 24.8 Å². The quantitative estimate of drug-likeness (QED) is 0.738. The summed E-state index contributed by atoms with van der Waals surface area (Å²) in [5, 5.41) is 13.0. The summed E-state index contributed by atoms with van der Waals surface area (Å²) in [5.74, 6) is 0. The van der Waals surface area contributed by atoms with Crippen LogP contribution in [0.4, 0.5) is 4.79 Å². The van der Waals surface area contributed by atoms with E-state index in [1.165, 1.54) is 0 Å². The van der Waals surface area contributed by atoms with Gasteiger partial charge in [0.2, 0.25) is 0 Å². The van der Waals surface area contributed by atoms with Crippen LogP contribution in [0, 0.1) is 0 Å². The summed E-state index contributed by atoms with van der Waals surface area (Å²) in [5.41, 5.74) is -0.584. The molecule has 31 heavy (non-hydrogen) atoms. The van der Waals surface area contributed by atoms with Crippen LogP contribution in [0.3, 0.4) is 0 Å². The van der Waals surface area contributed by atoms with E-state index in [9.17, 15) is 9.90 Å². The Balaban J connectivity index is 1.99. The van der Waals surface area contributed by atoms with Gasteiger partial charge < -0.3 is 19.2 Å². The molecule has 2 atom stereocenters. The molecular weight excluding hydrogens is 406 g/mol. The Kier molecular flexibility index (Phi) is 6.65. The lowest BCUT2D eigenvalue weighted by atomic mass is 10.2. The van der Waals surface area contributed by atoms with Gasteiger partial charge >= 0.3 is 6.09 Å². The molecule has 1 fully saturated rings. The highest BCUT2D eigenvalue weighted by Crippen LogP contribution is 2.38. The Morgan fingerprint density at radius 2 is 1.39 bits per heavy atom.